The van der Waals surface area contributed by atoms with E-state index in [9.17, 15) is 14.5 Å². The molecule has 0 bridgehead atoms. The molecule has 1 saturated heterocycles. The molecule has 1 fully saturated rings. The largest absolute Gasteiger partial charge is 0.471 e. The summed E-state index contributed by atoms with van der Waals surface area (Å²) < 4.78 is 5.95. The summed E-state index contributed by atoms with van der Waals surface area (Å²) in [5.74, 6) is 0.609. The lowest BCUT2D eigenvalue weighted by Gasteiger charge is -2.31. The highest BCUT2D eigenvalue weighted by Crippen LogP contribution is 2.37. The number of fused-ring (bicyclic) bond motifs is 1. The molecule has 4 heterocycles. The molecule has 2 aromatic rings. The molecule has 2 aliphatic heterocycles. The second-order valence-corrected chi connectivity index (χ2v) is 8.05. The van der Waals surface area contributed by atoms with Crippen LogP contribution in [0.15, 0.2) is 34.4 Å². The number of aromatic amines is 1. The van der Waals surface area contributed by atoms with E-state index >= 15 is 0 Å². The fourth-order valence-corrected chi connectivity index (χ4v) is 3.80. The fraction of sp³-hybridized carbons (Fsp3) is 0.450. The van der Waals surface area contributed by atoms with Crippen LogP contribution < -0.4 is 20.5 Å². The number of H-pyrrole nitrogens is 1. The second kappa shape index (κ2) is 7.31. The Hall–Kier alpha value is -3.23. The number of ether oxygens (including phenoxy) is 1. The van der Waals surface area contributed by atoms with Gasteiger partial charge in [-0.1, -0.05) is 5.18 Å². The van der Waals surface area contributed by atoms with Crippen molar-refractivity contribution < 1.29 is 9.53 Å². The minimum Gasteiger partial charge on any atom is -0.471 e. The zero-order chi connectivity index (χ0) is 20.6. The van der Waals surface area contributed by atoms with Crippen LogP contribution in [0.25, 0.3) is 0 Å². The van der Waals surface area contributed by atoms with Crippen LogP contribution in [0.3, 0.4) is 0 Å². The zero-order valence-corrected chi connectivity index (χ0v) is 16.4. The summed E-state index contributed by atoms with van der Waals surface area (Å²) in [6.45, 7) is 5.08. The smallest absolute Gasteiger partial charge is 0.271 e. The minimum absolute atomic E-state index is 0.171. The number of nitroso groups, excluding NO2 is 1. The van der Waals surface area contributed by atoms with Gasteiger partial charge in [-0.25, -0.2) is 0 Å². The van der Waals surface area contributed by atoms with E-state index in [-0.39, 0.29) is 17.3 Å². The number of amides is 1. The third-order valence-electron chi connectivity index (χ3n) is 5.25. The second-order valence-electron chi connectivity index (χ2n) is 8.05. The van der Waals surface area contributed by atoms with Gasteiger partial charge in [0, 0.05) is 31.3 Å². The zero-order valence-electron chi connectivity index (χ0n) is 16.4. The predicted octanol–water partition coefficient (Wildman–Crippen LogP) is 2.47. The van der Waals surface area contributed by atoms with Crippen molar-refractivity contribution in [3.63, 3.8) is 0 Å². The Bertz CT molecular complexity index is 1010. The predicted molar refractivity (Wildman–Crippen MR) is 109 cm³/mol. The van der Waals surface area contributed by atoms with E-state index in [0.717, 1.165) is 5.56 Å². The number of piperidine rings is 1. The fourth-order valence-electron chi connectivity index (χ4n) is 3.80. The van der Waals surface area contributed by atoms with Gasteiger partial charge in [0.05, 0.1) is 11.6 Å². The maximum absolute atomic E-state index is 13.1. The first-order valence-corrected chi connectivity index (χ1v) is 9.66. The number of nitrogens with one attached hydrogen (secondary N) is 2. The first-order chi connectivity index (χ1) is 13.9. The Morgan fingerprint density at radius 2 is 2.14 bits per heavy atom. The van der Waals surface area contributed by atoms with E-state index < -0.39 is 11.5 Å². The molecule has 1 amide bonds. The summed E-state index contributed by atoms with van der Waals surface area (Å²) in [7, 11) is 0. The lowest BCUT2D eigenvalue weighted by Crippen LogP contribution is -2.37. The highest BCUT2D eigenvalue weighted by atomic mass is 16.5. The van der Waals surface area contributed by atoms with Crippen LogP contribution in [-0.2, 0) is 6.42 Å². The Morgan fingerprint density at radius 3 is 2.83 bits per heavy atom. The van der Waals surface area contributed by atoms with Crippen molar-refractivity contribution in [3.8, 4) is 5.88 Å². The highest BCUT2D eigenvalue weighted by molar-refractivity contribution is 6.07. The van der Waals surface area contributed by atoms with Gasteiger partial charge in [-0.2, -0.15) is 9.89 Å². The van der Waals surface area contributed by atoms with Gasteiger partial charge in [0.15, 0.2) is 0 Å². The number of carbonyl (C=O) groups is 1. The van der Waals surface area contributed by atoms with Crippen molar-refractivity contribution in [2.24, 2.45) is 5.18 Å². The summed E-state index contributed by atoms with van der Waals surface area (Å²) in [5.41, 5.74) is 0.636. The topological polar surface area (TPSA) is 117 Å². The van der Waals surface area contributed by atoms with Gasteiger partial charge in [0.2, 0.25) is 5.88 Å². The van der Waals surface area contributed by atoms with Crippen LogP contribution in [0.1, 0.15) is 42.6 Å². The Balaban J connectivity index is 1.70. The number of hydrogen-bond acceptors (Lipinski definition) is 7. The number of pyridine rings is 2. The quantitative estimate of drug-likeness (QED) is 0.766. The van der Waals surface area contributed by atoms with Crippen LogP contribution in [0.5, 0.6) is 5.88 Å². The molecule has 29 heavy (non-hydrogen) atoms. The Kier molecular flexibility index (Phi) is 4.81. The number of hydrogen-bond donors (Lipinski definition) is 2. The summed E-state index contributed by atoms with van der Waals surface area (Å²) in [4.78, 5) is 45.0. The number of rotatable bonds is 4. The first-order valence-electron chi connectivity index (χ1n) is 9.66. The van der Waals surface area contributed by atoms with Gasteiger partial charge in [0.25, 0.3) is 11.5 Å². The van der Waals surface area contributed by atoms with Crippen LogP contribution in [0, 0.1) is 4.91 Å². The maximum atomic E-state index is 13.1. The van der Waals surface area contributed by atoms with E-state index in [2.05, 4.69) is 20.5 Å². The molecule has 0 radical (unpaired) electrons. The van der Waals surface area contributed by atoms with Crippen molar-refractivity contribution in [1.82, 2.24) is 9.97 Å². The third kappa shape index (κ3) is 3.85. The molecule has 0 saturated carbocycles. The molecule has 0 aromatic carbocycles. The normalized spacial score (nSPS) is 18.1. The Morgan fingerprint density at radius 1 is 1.38 bits per heavy atom. The van der Waals surface area contributed by atoms with Gasteiger partial charge in [-0.15, -0.1) is 0 Å². The van der Waals surface area contributed by atoms with Gasteiger partial charge >= 0.3 is 0 Å². The molecule has 152 valence electrons. The van der Waals surface area contributed by atoms with Crippen LogP contribution in [0.2, 0.25) is 0 Å². The maximum Gasteiger partial charge on any atom is 0.271 e. The monoisotopic (exact) mass is 397 g/mol. The van der Waals surface area contributed by atoms with E-state index in [1.165, 1.54) is 6.20 Å². The lowest BCUT2D eigenvalue weighted by molar-refractivity contribution is 0.102. The van der Waals surface area contributed by atoms with Gasteiger partial charge < -0.3 is 19.9 Å². The molecule has 2 aromatic heterocycles. The van der Waals surface area contributed by atoms with Crippen LogP contribution in [0.4, 0.5) is 11.5 Å². The third-order valence-corrected chi connectivity index (χ3v) is 5.25. The summed E-state index contributed by atoms with van der Waals surface area (Å²) in [6, 6.07) is 4.77. The van der Waals surface area contributed by atoms with E-state index in [0.29, 0.717) is 49.6 Å². The van der Waals surface area contributed by atoms with Crippen molar-refractivity contribution >= 4 is 17.4 Å². The molecule has 9 nitrogen and oxygen atoms in total. The van der Waals surface area contributed by atoms with E-state index in [1.807, 2.05) is 18.7 Å². The standard InChI is InChI=1S/C20H23N5O4/c1-20(2)11-12-10-14(17(26)22-15-4-3-7-21-18(15)27)16(23-19(12)29-20)25-8-5-13(24-28)6-9-25/h3-4,7,10,13H,5-6,8-9,11H2,1-2H3,(H,21,27)(H,22,26). The average Bonchev–Trinajstić information content (AvgIpc) is 3.01. The molecular weight excluding hydrogens is 374 g/mol. The lowest BCUT2D eigenvalue weighted by atomic mass is 10.0. The molecule has 9 heteroatoms. The number of nitrogens with zero attached hydrogens (tertiary/aromatic N) is 3. The minimum atomic E-state index is -0.410. The van der Waals surface area contributed by atoms with Crippen molar-refractivity contribution in [2.75, 3.05) is 23.3 Å². The Labute approximate surface area is 167 Å². The van der Waals surface area contributed by atoms with Gasteiger partial charge in [-0.05, 0) is 44.9 Å². The molecular formula is C20H23N5O4. The van der Waals surface area contributed by atoms with Crippen molar-refractivity contribution in [2.45, 2.75) is 44.8 Å². The number of aromatic nitrogens is 2. The first kappa shape index (κ1) is 19.1. The van der Waals surface area contributed by atoms with Crippen molar-refractivity contribution in [1.29, 1.82) is 0 Å². The summed E-state index contributed by atoms with van der Waals surface area (Å²) >= 11 is 0. The highest BCUT2D eigenvalue weighted by Gasteiger charge is 2.34. The molecule has 2 N–H and O–H groups in total. The SMILES string of the molecule is CC1(C)Cc2cc(C(=O)Nc3ccc[nH]c3=O)c(N3CCC(N=O)CC3)nc2O1. The molecule has 4 rings (SSSR count). The average molecular weight is 397 g/mol. The van der Waals surface area contributed by atoms with Crippen LogP contribution >= 0.6 is 0 Å². The molecule has 0 spiro atoms. The van der Waals surface area contributed by atoms with Crippen molar-refractivity contribution in [3.05, 3.63) is 50.8 Å². The van der Waals surface area contributed by atoms with Gasteiger partial charge in [0.1, 0.15) is 17.1 Å². The number of carbonyl (C=O) groups excluding carboxylic acids is 1. The summed E-state index contributed by atoms with van der Waals surface area (Å²) in [6.07, 6.45) is 3.35. The molecule has 0 aliphatic carbocycles. The number of anilines is 2. The molecule has 0 atom stereocenters. The van der Waals surface area contributed by atoms with Crippen LogP contribution in [-0.4, -0.2) is 40.6 Å². The molecule has 0 unspecified atom stereocenters. The van der Waals surface area contributed by atoms with E-state index in [1.54, 1.807) is 18.2 Å². The van der Waals surface area contributed by atoms with E-state index in [4.69, 9.17) is 4.74 Å². The summed E-state index contributed by atoms with van der Waals surface area (Å²) in [5, 5.41) is 5.82. The van der Waals surface area contributed by atoms with Gasteiger partial charge in [-0.3, -0.25) is 9.59 Å². The molecule has 2 aliphatic rings.